The van der Waals surface area contributed by atoms with Gasteiger partial charge in [0.25, 0.3) is 5.91 Å². The molecular formula is C35H58N6O7. The topological polar surface area (TPSA) is 175 Å². The summed E-state index contributed by atoms with van der Waals surface area (Å²) in [6, 6.07) is -3.90. The van der Waals surface area contributed by atoms with Gasteiger partial charge < -0.3 is 36.2 Å². The Morgan fingerprint density at radius 2 is 1.58 bits per heavy atom. The smallest absolute Gasteiger partial charge is 0.407 e. The molecule has 0 aromatic rings. The summed E-state index contributed by atoms with van der Waals surface area (Å²) in [6.07, 6.45) is 3.08. The van der Waals surface area contributed by atoms with Crippen LogP contribution in [-0.2, 0) is 23.9 Å². The number of ketones is 1. The van der Waals surface area contributed by atoms with Crippen LogP contribution in [-0.4, -0.2) is 89.9 Å². The Morgan fingerprint density at radius 3 is 2.10 bits per heavy atom. The van der Waals surface area contributed by atoms with Crippen LogP contribution in [0.25, 0.3) is 0 Å². The van der Waals surface area contributed by atoms with Gasteiger partial charge in [-0.3, -0.25) is 19.2 Å². The first kappa shape index (κ1) is 38.8. The lowest BCUT2D eigenvalue weighted by molar-refractivity contribution is -0.145. The van der Waals surface area contributed by atoms with Crippen molar-refractivity contribution in [1.29, 1.82) is 0 Å². The summed E-state index contributed by atoms with van der Waals surface area (Å²) in [5, 5.41) is 13.8. The number of fused-ring (bicyclic) bond motifs is 1. The van der Waals surface area contributed by atoms with Crippen LogP contribution in [0.1, 0.15) is 88.5 Å². The number of hydrogen-bond donors (Lipinski definition) is 5. The third kappa shape index (κ3) is 9.95. The normalized spacial score (nSPS) is 23.1. The van der Waals surface area contributed by atoms with Crippen LogP contribution in [0, 0.1) is 34.5 Å². The SMILES string of the molecule is C=CCNC(=O)C(=O)C(CC1CC1)NC(=O)[C@@H]1[C@@H]2[C@H](CN1C(=O)[C@@H](NC(=O)N[C@H](CNC(=O)OC(C)(C)C)C(C)C)C(C)(C)C)C2(C)C. The summed E-state index contributed by atoms with van der Waals surface area (Å²) < 4.78 is 5.31. The van der Waals surface area contributed by atoms with E-state index in [-0.39, 0.29) is 42.2 Å². The van der Waals surface area contributed by atoms with Crippen LogP contribution >= 0.6 is 0 Å². The summed E-state index contributed by atoms with van der Waals surface area (Å²) >= 11 is 0. The number of likely N-dealkylation sites (tertiary alicyclic amines) is 1. The van der Waals surface area contributed by atoms with E-state index >= 15 is 0 Å². The van der Waals surface area contributed by atoms with Crippen molar-refractivity contribution in [2.45, 2.75) is 118 Å². The molecule has 13 heteroatoms. The van der Waals surface area contributed by atoms with Crippen molar-refractivity contribution in [3.05, 3.63) is 12.7 Å². The van der Waals surface area contributed by atoms with Crippen LogP contribution in [0.4, 0.5) is 9.59 Å². The maximum atomic E-state index is 14.3. The Morgan fingerprint density at radius 1 is 0.958 bits per heavy atom. The molecule has 6 atom stereocenters. The highest BCUT2D eigenvalue weighted by molar-refractivity contribution is 6.38. The van der Waals surface area contributed by atoms with Crippen LogP contribution < -0.4 is 26.6 Å². The number of amides is 6. The maximum absolute atomic E-state index is 14.3. The van der Waals surface area contributed by atoms with Crippen LogP contribution in [0.2, 0.25) is 0 Å². The minimum absolute atomic E-state index is 0.0550. The molecule has 270 valence electrons. The number of nitrogens with one attached hydrogen (secondary N) is 5. The Kier molecular flexibility index (Phi) is 12.0. The summed E-state index contributed by atoms with van der Waals surface area (Å²) in [5.41, 5.74) is -1.59. The summed E-state index contributed by atoms with van der Waals surface area (Å²) in [6.45, 7) is 22.9. The zero-order valence-corrected chi connectivity index (χ0v) is 30.5. The van der Waals surface area contributed by atoms with Gasteiger partial charge in [0.15, 0.2) is 0 Å². The molecular weight excluding hydrogens is 616 g/mol. The first-order chi connectivity index (χ1) is 22.1. The van der Waals surface area contributed by atoms with Gasteiger partial charge in [-0.25, -0.2) is 9.59 Å². The summed E-state index contributed by atoms with van der Waals surface area (Å²) in [7, 11) is 0. The predicted molar refractivity (Wildman–Crippen MR) is 182 cm³/mol. The van der Waals surface area contributed by atoms with Gasteiger partial charge in [0, 0.05) is 19.6 Å². The van der Waals surface area contributed by atoms with E-state index in [0.717, 1.165) is 12.8 Å². The number of ether oxygens (including phenoxy) is 1. The number of urea groups is 1. The molecule has 5 N–H and O–H groups in total. The molecule has 3 aliphatic rings. The van der Waals surface area contributed by atoms with Gasteiger partial charge in [0.2, 0.25) is 17.6 Å². The molecule has 0 aromatic heterocycles. The fourth-order valence-electron chi connectivity index (χ4n) is 6.52. The van der Waals surface area contributed by atoms with Gasteiger partial charge in [0.05, 0.1) is 12.1 Å². The van der Waals surface area contributed by atoms with E-state index in [9.17, 15) is 28.8 Å². The average Bonchev–Trinajstić information content (AvgIpc) is 3.81. The molecule has 3 rings (SSSR count). The summed E-state index contributed by atoms with van der Waals surface area (Å²) in [4.78, 5) is 81.1. The second-order valence-corrected chi connectivity index (χ2v) is 16.6. The monoisotopic (exact) mass is 674 g/mol. The van der Waals surface area contributed by atoms with Gasteiger partial charge in [0.1, 0.15) is 17.7 Å². The fraction of sp³-hybridized carbons (Fsp3) is 0.771. The summed E-state index contributed by atoms with van der Waals surface area (Å²) in [5.74, 6) is -2.24. The number of carbonyl (C=O) groups is 6. The van der Waals surface area contributed by atoms with Gasteiger partial charge >= 0.3 is 12.1 Å². The van der Waals surface area contributed by atoms with Crippen LogP contribution in [0.15, 0.2) is 12.7 Å². The van der Waals surface area contributed by atoms with E-state index in [2.05, 4.69) is 47.0 Å². The fourth-order valence-corrected chi connectivity index (χ4v) is 6.52. The highest BCUT2D eigenvalue weighted by Crippen LogP contribution is 2.65. The first-order valence-corrected chi connectivity index (χ1v) is 17.2. The van der Waals surface area contributed by atoms with E-state index in [1.165, 1.54) is 11.0 Å². The minimum Gasteiger partial charge on any atom is -0.444 e. The van der Waals surface area contributed by atoms with Gasteiger partial charge in [-0.1, -0.05) is 67.4 Å². The largest absolute Gasteiger partial charge is 0.444 e. The molecule has 13 nitrogen and oxygen atoms in total. The molecule has 2 saturated carbocycles. The van der Waals surface area contributed by atoms with Crippen molar-refractivity contribution in [2.75, 3.05) is 19.6 Å². The molecule has 1 aliphatic heterocycles. The minimum atomic E-state index is -1.00. The van der Waals surface area contributed by atoms with E-state index < -0.39 is 70.8 Å². The lowest BCUT2D eigenvalue weighted by Crippen LogP contribution is -2.62. The second kappa shape index (κ2) is 14.9. The number of alkyl carbamates (subject to hydrolysis) is 1. The molecule has 0 aromatic carbocycles. The molecule has 3 fully saturated rings. The van der Waals surface area contributed by atoms with E-state index in [1.54, 1.807) is 20.8 Å². The molecule has 1 saturated heterocycles. The highest BCUT2D eigenvalue weighted by atomic mass is 16.6. The Bertz CT molecular complexity index is 1260. The lowest BCUT2D eigenvalue weighted by Gasteiger charge is -2.38. The van der Waals surface area contributed by atoms with E-state index in [4.69, 9.17) is 4.74 Å². The van der Waals surface area contributed by atoms with Crippen molar-refractivity contribution in [3.63, 3.8) is 0 Å². The number of piperidine rings is 1. The van der Waals surface area contributed by atoms with Crippen molar-refractivity contribution in [1.82, 2.24) is 31.5 Å². The number of Topliss-reactive ketones (excluding diaryl/α,β-unsaturated/α-hetero) is 1. The molecule has 2 aliphatic carbocycles. The average molecular weight is 675 g/mol. The quantitative estimate of drug-likeness (QED) is 0.139. The van der Waals surface area contributed by atoms with Crippen molar-refractivity contribution in [2.24, 2.45) is 34.5 Å². The molecule has 0 radical (unpaired) electrons. The number of nitrogens with zero attached hydrogens (tertiary/aromatic N) is 1. The number of hydrogen-bond acceptors (Lipinski definition) is 7. The zero-order chi connectivity index (χ0) is 36.4. The number of carbonyl (C=O) groups excluding carboxylic acids is 6. The Hall–Kier alpha value is -3.64. The maximum Gasteiger partial charge on any atom is 0.407 e. The molecule has 0 spiro atoms. The van der Waals surface area contributed by atoms with Crippen LogP contribution in [0.5, 0.6) is 0 Å². The molecule has 6 amide bonds. The number of rotatable bonds is 14. The first-order valence-electron chi connectivity index (χ1n) is 17.2. The van der Waals surface area contributed by atoms with Crippen molar-refractivity contribution in [3.8, 4) is 0 Å². The van der Waals surface area contributed by atoms with Crippen molar-refractivity contribution < 1.29 is 33.5 Å². The van der Waals surface area contributed by atoms with E-state index in [0.29, 0.717) is 13.0 Å². The third-order valence-electron chi connectivity index (χ3n) is 9.66. The lowest BCUT2D eigenvalue weighted by atomic mass is 9.85. The molecule has 0 bridgehead atoms. The standard InChI is InChI=1S/C35H58N6O7/c1-12-15-36-29(44)26(42)22(16-20-13-14-20)38-28(43)25-24-21(35(24,10)11)18-41(25)30(45)27(33(4,5)6)40-31(46)39-23(19(2)3)17-37-32(47)48-34(7,8)9/h12,19-25,27H,1,13-18H2,2-11H3,(H,36,44)(H,37,47)(H,38,43)(H2,39,40,46)/t21-,22?,23+,24-,25-,27+/m0/s1. The molecule has 1 unspecified atom stereocenters. The predicted octanol–water partition coefficient (Wildman–Crippen LogP) is 2.89. The molecule has 1 heterocycles. The van der Waals surface area contributed by atoms with Gasteiger partial charge in [-0.05, 0) is 61.7 Å². The third-order valence-corrected chi connectivity index (χ3v) is 9.66. The second-order valence-electron chi connectivity index (χ2n) is 16.6. The van der Waals surface area contributed by atoms with Crippen LogP contribution in [0.3, 0.4) is 0 Å². The molecule has 48 heavy (non-hydrogen) atoms. The zero-order valence-electron chi connectivity index (χ0n) is 30.5. The Labute approximate surface area is 285 Å². The Balaban J connectivity index is 1.76. The highest BCUT2D eigenvalue weighted by Gasteiger charge is 2.70. The van der Waals surface area contributed by atoms with E-state index in [1.807, 2.05) is 34.6 Å². The van der Waals surface area contributed by atoms with Gasteiger partial charge in [-0.2, -0.15) is 0 Å². The van der Waals surface area contributed by atoms with Crippen molar-refractivity contribution >= 4 is 35.6 Å². The van der Waals surface area contributed by atoms with Gasteiger partial charge in [-0.15, -0.1) is 6.58 Å².